The predicted octanol–water partition coefficient (Wildman–Crippen LogP) is 3.50. The summed E-state index contributed by atoms with van der Waals surface area (Å²) in [5.41, 5.74) is 1.13. The monoisotopic (exact) mass is 282 g/mol. The number of ether oxygens (including phenoxy) is 3. The van der Waals surface area contributed by atoms with Gasteiger partial charge in [-0.15, -0.1) is 0 Å². The highest BCUT2D eigenvalue weighted by Crippen LogP contribution is 2.38. The lowest BCUT2D eigenvalue weighted by Gasteiger charge is -2.22. The lowest BCUT2D eigenvalue weighted by molar-refractivity contribution is 0.118. The van der Waals surface area contributed by atoms with E-state index in [9.17, 15) is 0 Å². The van der Waals surface area contributed by atoms with Crippen molar-refractivity contribution < 1.29 is 14.2 Å². The van der Waals surface area contributed by atoms with E-state index < -0.39 is 0 Å². The molecule has 0 saturated heterocycles. The molecule has 1 atom stereocenters. The number of fused-ring (bicyclic) bond motifs is 1. The van der Waals surface area contributed by atoms with E-state index in [2.05, 4.69) is 15.9 Å². The maximum Gasteiger partial charge on any atom is 0.231 e. The fourth-order valence-corrected chi connectivity index (χ4v) is 2.39. The number of benzene rings is 1. The van der Waals surface area contributed by atoms with Gasteiger partial charge in [-0.3, -0.25) is 0 Å². The third kappa shape index (κ3) is 1.78. The van der Waals surface area contributed by atoms with Crippen LogP contribution in [0.15, 0.2) is 28.9 Å². The topological polar surface area (TPSA) is 27.7 Å². The molecule has 4 heteroatoms. The molecule has 0 aromatic heterocycles. The van der Waals surface area contributed by atoms with Gasteiger partial charge in [0.2, 0.25) is 6.79 Å². The Morgan fingerprint density at radius 1 is 1.19 bits per heavy atom. The molecule has 1 aromatic rings. The first-order chi connectivity index (χ1) is 7.83. The lowest BCUT2D eigenvalue weighted by Crippen LogP contribution is -2.06. The molecular formula is C12H11BrO3. The van der Waals surface area contributed by atoms with Crippen molar-refractivity contribution in [3.05, 3.63) is 34.5 Å². The molecule has 2 heterocycles. The van der Waals surface area contributed by atoms with Crippen LogP contribution in [0.2, 0.25) is 0 Å². The Labute approximate surface area is 102 Å². The zero-order valence-corrected chi connectivity index (χ0v) is 10.2. The molecule has 2 aliphatic rings. The molecule has 1 unspecified atom stereocenters. The van der Waals surface area contributed by atoms with Gasteiger partial charge in [-0.25, -0.2) is 0 Å². The Bertz CT molecular complexity index is 442. The molecule has 0 bridgehead atoms. The number of hydrogen-bond donors (Lipinski definition) is 0. The largest absolute Gasteiger partial charge is 0.479 e. The predicted molar refractivity (Wildman–Crippen MR) is 62.6 cm³/mol. The van der Waals surface area contributed by atoms with Crippen molar-refractivity contribution in [3.63, 3.8) is 0 Å². The summed E-state index contributed by atoms with van der Waals surface area (Å²) in [5, 5.41) is 0. The van der Waals surface area contributed by atoms with Crippen LogP contribution in [0, 0.1) is 0 Å². The van der Waals surface area contributed by atoms with Crippen molar-refractivity contribution in [3.8, 4) is 11.5 Å². The second kappa shape index (κ2) is 4.01. The third-order valence-electron chi connectivity index (χ3n) is 2.76. The van der Waals surface area contributed by atoms with Crippen LogP contribution >= 0.6 is 15.9 Å². The Kier molecular flexibility index (Phi) is 2.52. The molecule has 84 valence electrons. The van der Waals surface area contributed by atoms with Crippen LogP contribution < -0.4 is 9.47 Å². The van der Waals surface area contributed by atoms with Crippen LogP contribution in [-0.2, 0) is 4.74 Å². The summed E-state index contributed by atoms with van der Waals surface area (Å²) in [6, 6.07) is 5.97. The van der Waals surface area contributed by atoms with Crippen molar-refractivity contribution in [1.82, 2.24) is 0 Å². The van der Waals surface area contributed by atoms with E-state index >= 15 is 0 Å². The standard InChI is InChI=1S/C12H11BrO3/c13-12-3-1-2-9(16-12)8-4-5-10-11(6-8)15-7-14-10/h3-6,9H,1-2,7H2. The molecule has 3 rings (SSSR count). The van der Waals surface area contributed by atoms with E-state index in [-0.39, 0.29) is 6.10 Å². The number of allylic oxidation sites excluding steroid dienone is 1. The quantitative estimate of drug-likeness (QED) is 0.789. The fraction of sp³-hybridized carbons (Fsp3) is 0.333. The first-order valence-electron chi connectivity index (χ1n) is 5.25. The zero-order chi connectivity index (χ0) is 11.0. The van der Waals surface area contributed by atoms with Crippen molar-refractivity contribution in [2.24, 2.45) is 0 Å². The van der Waals surface area contributed by atoms with Gasteiger partial charge in [0.15, 0.2) is 16.2 Å². The molecule has 0 saturated carbocycles. The van der Waals surface area contributed by atoms with Gasteiger partial charge in [0, 0.05) is 0 Å². The molecule has 0 radical (unpaired) electrons. The second-order valence-corrected chi connectivity index (χ2v) is 4.59. The minimum atomic E-state index is 0.105. The van der Waals surface area contributed by atoms with Crippen LogP contribution in [0.3, 0.4) is 0 Å². The number of halogens is 1. The van der Waals surface area contributed by atoms with E-state index in [1.807, 2.05) is 24.3 Å². The minimum Gasteiger partial charge on any atom is -0.479 e. The molecule has 0 amide bonds. The van der Waals surface area contributed by atoms with Crippen molar-refractivity contribution >= 4 is 15.9 Å². The highest BCUT2D eigenvalue weighted by Gasteiger charge is 2.21. The molecule has 3 nitrogen and oxygen atoms in total. The molecule has 1 aromatic carbocycles. The average molecular weight is 283 g/mol. The van der Waals surface area contributed by atoms with Crippen LogP contribution in [-0.4, -0.2) is 6.79 Å². The van der Waals surface area contributed by atoms with Crippen molar-refractivity contribution in [2.75, 3.05) is 6.79 Å². The van der Waals surface area contributed by atoms with Gasteiger partial charge < -0.3 is 14.2 Å². The smallest absolute Gasteiger partial charge is 0.231 e. The molecule has 0 fully saturated rings. The maximum atomic E-state index is 5.71. The Hall–Kier alpha value is -1.16. The zero-order valence-electron chi connectivity index (χ0n) is 8.61. The molecule has 2 aliphatic heterocycles. The van der Waals surface area contributed by atoms with Crippen LogP contribution in [0.1, 0.15) is 24.5 Å². The SMILES string of the molecule is BrC1=CCCC(c2ccc3c(c2)OCO3)O1. The van der Waals surface area contributed by atoms with Crippen LogP contribution in [0.4, 0.5) is 0 Å². The molecular weight excluding hydrogens is 272 g/mol. The maximum absolute atomic E-state index is 5.71. The first kappa shape index (κ1) is 10.0. The van der Waals surface area contributed by atoms with Gasteiger partial charge in [-0.1, -0.05) is 6.07 Å². The summed E-state index contributed by atoms with van der Waals surface area (Å²) in [5.74, 6) is 1.63. The number of rotatable bonds is 1. The third-order valence-corrected chi connectivity index (χ3v) is 3.27. The molecule has 0 aliphatic carbocycles. The van der Waals surface area contributed by atoms with Crippen LogP contribution in [0.25, 0.3) is 0 Å². The summed E-state index contributed by atoms with van der Waals surface area (Å²) < 4.78 is 17.2. The van der Waals surface area contributed by atoms with Gasteiger partial charge in [0.25, 0.3) is 0 Å². The van der Waals surface area contributed by atoms with E-state index in [1.165, 1.54) is 0 Å². The summed E-state index contributed by atoms with van der Waals surface area (Å²) >= 11 is 3.37. The normalized spacial score (nSPS) is 22.6. The second-order valence-electron chi connectivity index (χ2n) is 3.80. The van der Waals surface area contributed by atoms with E-state index in [0.29, 0.717) is 6.79 Å². The summed E-state index contributed by atoms with van der Waals surface area (Å²) in [6.45, 7) is 0.313. The summed E-state index contributed by atoms with van der Waals surface area (Å²) in [4.78, 5) is 0. The lowest BCUT2D eigenvalue weighted by atomic mass is 10.0. The Morgan fingerprint density at radius 2 is 2.06 bits per heavy atom. The first-order valence-corrected chi connectivity index (χ1v) is 6.04. The highest BCUT2D eigenvalue weighted by atomic mass is 79.9. The van der Waals surface area contributed by atoms with Crippen LogP contribution in [0.5, 0.6) is 11.5 Å². The van der Waals surface area contributed by atoms with Crippen molar-refractivity contribution in [1.29, 1.82) is 0 Å². The minimum absolute atomic E-state index is 0.105. The van der Waals surface area contributed by atoms with E-state index in [1.54, 1.807) is 0 Å². The summed E-state index contributed by atoms with van der Waals surface area (Å²) in [6.07, 6.45) is 4.17. The van der Waals surface area contributed by atoms with Gasteiger partial charge in [-0.2, -0.15) is 0 Å². The van der Waals surface area contributed by atoms with Gasteiger partial charge in [0.05, 0.1) is 0 Å². The van der Waals surface area contributed by atoms with E-state index in [0.717, 1.165) is 34.6 Å². The van der Waals surface area contributed by atoms with E-state index in [4.69, 9.17) is 14.2 Å². The highest BCUT2D eigenvalue weighted by molar-refractivity contribution is 9.11. The number of hydrogen-bond acceptors (Lipinski definition) is 3. The van der Waals surface area contributed by atoms with Gasteiger partial charge in [0.1, 0.15) is 6.10 Å². The Balaban J connectivity index is 1.87. The van der Waals surface area contributed by atoms with Gasteiger partial charge in [-0.05, 0) is 52.5 Å². The fourth-order valence-electron chi connectivity index (χ4n) is 1.94. The van der Waals surface area contributed by atoms with Crippen molar-refractivity contribution in [2.45, 2.75) is 18.9 Å². The molecule has 0 spiro atoms. The van der Waals surface area contributed by atoms with Gasteiger partial charge >= 0.3 is 0 Å². The average Bonchev–Trinajstić information content (AvgIpc) is 2.75. The Morgan fingerprint density at radius 3 is 2.94 bits per heavy atom. The summed E-state index contributed by atoms with van der Waals surface area (Å²) in [7, 11) is 0. The molecule has 16 heavy (non-hydrogen) atoms. The molecule has 0 N–H and O–H groups in total.